The molecular formula is C32H36N2O5. The molecule has 1 N–H and O–H groups in total. The second kappa shape index (κ2) is 10.3. The van der Waals surface area contributed by atoms with Gasteiger partial charge in [0.25, 0.3) is 11.7 Å². The minimum Gasteiger partial charge on any atom is -0.507 e. The molecule has 39 heavy (non-hydrogen) atoms. The maximum Gasteiger partial charge on any atom is 0.300 e. The lowest BCUT2D eigenvalue weighted by atomic mass is 9.84. The monoisotopic (exact) mass is 528 g/mol. The predicted octanol–water partition coefficient (Wildman–Crippen LogP) is 6.45. The number of amides is 1. The largest absolute Gasteiger partial charge is 0.507 e. The molecule has 204 valence electrons. The van der Waals surface area contributed by atoms with Gasteiger partial charge in [-0.2, -0.15) is 0 Å². The molecular weight excluding hydrogens is 492 g/mol. The van der Waals surface area contributed by atoms with Crippen LogP contribution < -0.4 is 14.5 Å². The Labute approximate surface area is 229 Å². The Kier molecular flexibility index (Phi) is 7.02. The average molecular weight is 529 g/mol. The van der Waals surface area contributed by atoms with Gasteiger partial charge in [-0.15, -0.1) is 0 Å². The smallest absolute Gasteiger partial charge is 0.300 e. The number of anilines is 2. The Morgan fingerprint density at radius 2 is 1.67 bits per heavy atom. The van der Waals surface area contributed by atoms with Crippen molar-refractivity contribution in [3.8, 4) is 5.75 Å². The van der Waals surface area contributed by atoms with Crippen molar-refractivity contribution in [1.29, 1.82) is 0 Å². The second-order valence-corrected chi connectivity index (χ2v) is 11.5. The van der Waals surface area contributed by atoms with E-state index in [0.717, 1.165) is 43.1 Å². The summed E-state index contributed by atoms with van der Waals surface area (Å²) in [4.78, 5) is 30.7. The summed E-state index contributed by atoms with van der Waals surface area (Å²) in [7, 11) is 1.60. The summed E-state index contributed by atoms with van der Waals surface area (Å²) in [5.74, 6) is 0.105. The molecule has 1 aromatic heterocycles. The number of aliphatic hydroxyl groups excluding tert-OH is 1. The molecule has 2 aliphatic rings. The Balaban J connectivity index is 1.57. The Morgan fingerprint density at radius 3 is 2.26 bits per heavy atom. The van der Waals surface area contributed by atoms with Crippen molar-refractivity contribution in [2.45, 2.75) is 52.0 Å². The van der Waals surface area contributed by atoms with Crippen molar-refractivity contribution in [1.82, 2.24) is 0 Å². The van der Waals surface area contributed by atoms with Crippen LogP contribution in [0.2, 0.25) is 0 Å². The van der Waals surface area contributed by atoms with Gasteiger partial charge in [0.2, 0.25) is 0 Å². The van der Waals surface area contributed by atoms with Crippen LogP contribution in [0, 0.1) is 5.92 Å². The minimum absolute atomic E-state index is 0.00549. The number of nitrogens with zero attached hydrogens (tertiary/aromatic N) is 2. The third kappa shape index (κ3) is 4.93. The van der Waals surface area contributed by atoms with E-state index >= 15 is 0 Å². The van der Waals surface area contributed by atoms with Gasteiger partial charge in [-0.3, -0.25) is 14.5 Å². The number of piperidine rings is 1. The van der Waals surface area contributed by atoms with Crippen LogP contribution in [-0.4, -0.2) is 37.0 Å². The van der Waals surface area contributed by atoms with Crippen LogP contribution in [0.1, 0.15) is 63.5 Å². The third-order valence-corrected chi connectivity index (χ3v) is 7.81. The van der Waals surface area contributed by atoms with Crippen LogP contribution in [0.25, 0.3) is 5.76 Å². The average Bonchev–Trinajstić information content (AvgIpc) is 3.55. The van der Waals surface area contributed by atoms with Crippen LogP contribution in [0.5, 0.6) is 5.75 Å². The molecule has 3 heterocycles. The number of benzene rings is 2. The van der Waals surface area contributed by atoms with E-state index in [4.69, 9.17) is 9.15 Å². The van der Waals surface area contributed by atoms with Crippen molar-refractivity contribution in [3.05, 3.63) is 83.3 Å². The molecule has 7 heteroatoms. The van der Waals surface area contributed by atoms with Crippen LogP contribution in [0.4, 0.5) is 11.4 Å². The second-order valence-electron chi connectivity index (χ2n) is 11.5. The number of methoxy groups -OCH3 is 1. The SMILES string of the molecule is COc1ccc(/C(O)=C2/C(=O)C(=O)N(c3ccc(N4CCC(C)CC4)cc3)C2c2ccco2)cc1C(C)(C)C. The van der Waals surface area contributed by atoms with E-state index in [9.17, 15) is 14.7 Å². The van der Waals surface area contributed by atoms with Crippen LogP contribution >= 0.6 is 0 Å². The maximum atomic E-state index is 13.5. The summed E-state index contributed by atoms with van der Waals surface area (Å²) in [5.41, 5.74) is 2.68. The Morgan fingerprint density at radius 1 is 1.00 bits per heavy atom. The van der Waals surface area contributed by atoms with E-state index in [2.05, 4.69) is 11.8 Å². The number of Topliss-reactive ketones (excluding diaryl/α,β-unsaturated/α-hetero) is 1. The molecule has 0 bridgehead atoms. The third-order valence-electron chi connectivity index (χ3n) is 7.81. The summed E-state index contributed by atoms with van der Waals surface area (Å²) in [6.45, 7) is 10.4. The Hall–Kier alpha value is -4.00. The number of carbonyl (C=O) groups is 2. The first-order valence-corrected chi connectivity index (χ1v) is 13.5. The number of ether oxygens (including phenoxy) is 1. The van der Waals surface area contributed by atoms with Crippen LogP contribution in [0.3, 0.4) is 0 Å². The summed E-state index contributed by atoms with van der Waals surface area (Å²) < 4.78 is 11.2. The highest BCUT2D eigenvalue weighted by Gasteiger charge is 2.48. The number of carbonyl (C=O) groups excluding carboxylic acids is 2. The molecule has 2 aliphatic heterocycles. The van der Waals surface area contributed by atoms with Gasteiger partial charge in [0.05, 0.1) is 18.9 Å². The van der Waals surface area contributed by atoms with E-state index in [1.807, 2.05) is 51.1 Å². The molecule has 7 nitrogen and oxygen atoms in total. The fraction of sp³-hybridized carbons (Fsp3) is 0.375. The summed E-state index contributed by atoms with van der Waals surface area (Å²) >= 11 is 0. The van der Waals surface area contributed by atoms with Gasteiger partial charge in [-0.25, -0.2) is 0 Å². The standard InChI is InChI=1S/C32H36N2O5/c1-20-14-16-33(17-15-20)22-9-11-23(12-10-22)34-28(26-7-6-18-39-26)27(30(36)31(34)37)29(35)21-8-13-25(38-5)24(19-21)32(2,3)4/h6-13,18-20,28,35H,14-17H2,1-5H3/b29-27-. The van der Waals surface area contributed by atoms with Crippen molar-refractivity contribution in [3.63, 3.8) is 0 Å². The van der Waals surface area contributed by atoms with Gasteiger partial charge in [0.1, 0.15) is 23.3 Å². The molecule has 3 aromatic rings. The molecule has 0 radical (unpaired) electrons. The van der Waals surface area contributed by atoms with Crippen LogP contribution in [0.15, 0.2) is 70.9 Å². The quantitative estimate of drug-likeness (QED) is 0.233. The predicted molar refractivity (Wildman–Crippen MR) is 152 cm³/mol. The topological polar surface area (TPSA) is 83.2 Å². The van der Waals surface area contributed by atoms with Gasteiger partial charge < -0.3 is 19.2 Å². The van der Waals surface area contributed by atoms with Crippen molar-refractivity contribution in [2.24, 2.45) is 5.92 Å². The fourth-order valence-corrected chi connectivity index (χ4v) is 5.50. The fourth-order valence-electron chi connectivity index (χ4n) is 5.50. The molecule has 0 spiro atoms. The van der Waals surface area contributed by atoms with Gasteiger partial charge in [0, 0.05) is 35.6 Å². The number of rotatable bonds is 5. The normalized spacial score (nSPS) is 20.1. The molecule has 2 aromatic carbocycles. The lowest BCUT2D eigenvalue weighted by Gasteiger charge is -2.32. The minimum atomic E-state index is -0.901. The highest BCUT2D eigenvalue weighted by molar-refractivity contribution is 6.51. The highest BCUT2D eigenvalue weighted by atomic mass is 16.5. The molecule has 0 saturated carbocycles. The van der Waals surface area contributed by atoms with Gasteiger partial charge in [-0.1, -0.05) is 27.7 Å². The zero-order valence-corrected chi connectivity index (χ0v) is 23.2. The number of furan rings is 1. The van der Waals surface area contributed by atoms with E-state index < -0.39 is 17.7 Å². The molecule has 2 saturated heterocycles. The van der Waals surface area contributed by atoms with E-state index in [1.165, 1.54) is 11.2 Å². The number of aliphatic hydroxyl groups is 1. The van der Waals surface area contributed by atoms with E-state index in [1.54, 1.807) is 31.4 Å². The van der Waals surface area contributed by atoms with Gasteiger partial charge >= 0.3 is 0 Å². The maximum absolute atomic E-state index is 13.5. The van der Waals surface area contributed by atoms with Crippen LogP contribution in [-0.2, 0) is 15.0 Å². The molecule has 0 aliphatic carbocycles. The highest BCUT2D eigenvalue weighted by Crippen LogP contribution is 2.43. The zero-order chi connectivity index (χ0) is 27.9. The summed E-state index contributed by atoms with van der Waals surface area (Å²) in [6.07, 6.45) is 3.80. The molecule has 1 amide bonds. The van der Waals surface area contributed by atoms with E-state index in [0.29, 0.717) is 22.8 Å². The molecule has 1 atom stereocenters. The number of hydrogen-bond donors (Lipinski definition) is 1. The van der Waals surface area contributed by atoms with Crippen molar-refractivity contribution >= 4 is 28.8 Å². The lowest BCUT2D eigenvalue weighted by Crippen LogP contribution is -2.33. The van der Waals surface area contributed by atoms with Gasteiger partial charge in [-0.05, 0) is 78.8 Å². The van der Waals surface area contributed by atoms with E-state index in [-0.39, 0.29) is 16.7 Å². The van der Waals surface area contributed by atoms with Crippen molar-refractivity contribution < 1.29 is 23.8 Å². The van der Waals surface area contributed by atoms with Gasteiger partial charge in [0.15, 0.2) is 0 Å². The molecule has 2 fully saturated rings. The summed E-state index contributed by atoms with van der Waals surface area (Å²) in [5, 5.41) is 11.5. The first-order valence-electron chi connectivity index (χ1n) is 13.5. The zero-order valence-electron chi connectivity index (χ0n) is 23.2. The first-order chi connectivity index (χ1) is 18.6. The lowest BCUT2D eigenvalue weighted by molar-refractivity contribution is -0.132. The molecule has 5 rings (SSSR count). The van der Waals surface area contributed by atoms with Crippen molar-refractivity contribution in [2.75, 3.05) is 30.0 Å². The Bertz CT molecular complexity index is 1390. The summed E-state index contributed by atoms with van der Waals surface area (Å²) in [6, 6.07) is 15.5. The first kappa shape index (κ1) is 26.6. The molecule has 1 unspecified atom stereocenters. The number of ketones is 1. The number of hydrogen-bond acceptors (Lipinski definition) is 6.